The van der Waals surface area contributed by atoms with Gasteiger partial charge in [-0.2, -0.15) is 0 Å². The zero-order valence-corrected chi connectivity index (χ0v) is 11.3. The van der Waals surface area contributed by atoms with E-state index in [1.807, 2.05) is 0 Å². The van der Waals surface area contributed by atoms with Gasteiger partial charge in [0.2, 0.25) is 0 Å². The third kappa shape index (κ3) is 2.50. The summed E-state index contributed by atoms with van der Waals surface area (Å²) in [6, 6.07) is 2.52. The molecule has 1 rings (SSSR count). The molecule has 0 bridgehead atoms. The highest BCUT2D eigenvalue weighted by Gasteiger charge is 2.30. The fraction of sp³-hybridized carbons (Fsp3) is 0.400. The Hall–Kier alpha value is -1.51. The molecule has 0 fully saturated rings. The number of nitrogens with zero attached hydrogens (tertiary/aromatic N) is 2. The normalized spacial score (nSPS) is 11.8. The molecular weight excluding hydrogens is 260 g/mol. The molecule has 0 aliphatic rings. The largest absolute Gasteiger partial charge is 0.289 e. The van der Waals surface area contributed by atoms with E-state index >= 15 is 0 Å². The quantitative estimate of drug-likeness (QED) is 0.611. The minimum absolute atomic E-state index is 0.375. The number of aryl methyl sites for hydroxylation is 2. The summed E-state index contributed by atoms with van der Waals surface area (Å²) in [6.45, 7) is 3.36. The topological polar surface area (TPSA) is 89.8 Å². The lowest BCUT2D eigenvalue weighted by atomic mass is 10.1. The minimum Gasteiger partial charge on any atom is -0.288 e. The van der Waals surface area contributed by atoms with Crippen LogP contribution in [-0.2, 0) is 14.9 Å². The highest BCUT2D eigenvalue weighted by molar-refractivity contribution is 7.89. The molecule has 0 aliphatic carbocycles. The van der Waals surface area contributed by atoms with E-state index in [4.69, 9.17) is 0 Å². The van der Waals surface area contributed by atoms with Gasteiger partial charge < -0.3 is 0 Å². The van der Waals surface area contributed by atoms with Crippen LogP contribution >= 0.6 is 0 Å². The van der Waals surface area contributed by atoms with E-state index < -0.39 is 20.6 Å². The van der Waals surface area contributed by atoms with Gasteiger partial charge in [0.1, 0.15) is 0 Å². The van der Waals surface area contributed by atoms with Crippen molar-refractivity contribution in [3.8, 4) is 0 Å². The fourth-order valence-electron chi connectivity index (χ4n) is 1.36. The van der Waals surface area contributed by atoms with Crippen LogP contribution in [0.25, 0.3) is 0 Å². The zero-order chi connectivity index (χ0) is 14.1. The van der Waals surface area contributed by atoms with Gasteiger partial charge in [0, 0.05) is 13.1 Å². The number of hydrogen-bond donors (Lipinski definition) is 0. The van der Waals surface area contributed by atoms with Crippen molar-refractivity contribution < 1.29 is 18.2 Å². The monoisotopic (exact) mass is 274 g/mol. The predicted molar refractivity (Wildman–Crippen MR) is 64.5 cm³/mol. The van der Waals surface area contributed by atoms with Gasteiger partial charge in [0.05, 0.1) is 12.0 Å². The molecule has 1 aromatic carbocycles. The maximum Gasteiger partial charge on any atom is 0.289 e. The lowest BCUT2D eigenvalue weighted by molar-refractivity contribution is -0.388. The molecule has 8 heteroatoms. The summed E-state index contributed by atoms with van der Waals surface area (Å²) in [4.78, 5) is 14.4. The van der Waals surface area contributed by atoms with Crippen molar-refractivity contribution in [2.45, 2.75) is 18.7 Å². The number of nitro groups is 1. The lowest BCUT2D eigenvalue weighted by Gasteiger charge is -2.15. The summed E-state index contributed by atoms with van der Waals surface area (Å²) >= 11 is 0. The van der Waals surface area contributed by atoms with Gasteiger partial charge in [-0.15, -0.1) is 0 Å². The second-order valence-electron chi connectivity index (χ2n) is 3.76. The van der Waals surface area contributed by atoms with Gasteiger partial charge in [0.15, 0.2) is 4.90 Å². The van der Waals surface area contributed by atoms with E-state index in [0.29, 0.717) is 15.6 Å². The average Bonchev–Trinajstić information content (AvgIpc) is 2.30. The number of hydrogen-bond acceptors (Lipinski definition) is 5. The Labute approximate surface area is 105 Å². The van der Waals surface area contributed by atoms with Crippen LogP contribution in [0.3, 0.4) is 0 Å². The van der Waals surface area contributed by atoms with Gasteiger partial charge >= 0.3 is 0 Å². The van der Waals surface area contributed by atoms with Crippen LogP contribution in [0.4, 0.5) is 5.69 Å². The van der Waals surface area contributed by atoms with E-state index in [-0.39, 0.29) is 4.90 Å². The third-order valence-corrected chi connectivity index (χ3v) is 4.35. The van der Waals surface area contributed by atoms with E-state index in [2.05, 4.69) is 4.84 Å². The SMILES string of the molecule is CON(C)S(=O)(=O)c1cc(C)c(C)cc1[N+](=O)[O-]. The molecule has 0 spiro atoms. The summed E-state index contributed by atoms with van der Waals surface area (Å²) in [5, 5.41) is 10.9. The Morgan fingerprint density at radius 3 is 2.22 bits per heavy atom. The number of sulfonamides is 1. The summed E-state index contributed by atoms with van der Waals surface area (Å²) in [7, 11) is -1.69. The molecule has 0 saturated carbocycles. The predicted octanol–water partition coefficient (Wildman–Crippen LogP) is 1.39. The molecule has 0 N–H and O–H groups in total. The van der Waals surface area contributed by atoms with Crippen molar-refractivity contribution in [1.82, 2.24) is 4.47 Å². The molecular formula is C10H14N2O5S. The number of hydroxylamine groups is 1. The van der Waals surface area contributed by atoms with Crippen molar-refractivity contribution in [2.75, 3.05) is 14.2 Å². The molecule has 0 unspecified atom stereocenters. The molecule has 100 valence electrons. The molecule has 0 heterocycles. The Bertz CT molecular complexity index is 582. The van der Waals surface area contributed by atoms with Gasteiger partial charge in [-0.25, -0.2) is 8.42 Å². The van der Waals surface area contributed by atoms with Crippen molar-refractivity contribution >= 4 is 15.7 Å². The van der Waals surface area contributed by atoms with Gasteiger partial charge in [-0.05, 0) is 31.0 Å². The Balaban J connectivity index is 3.59. The van der Waals surface area contributed by atoms with E-state index in [1.165, 1.54) is 26.3 Å². The summed E-state index contributed by atoms with van der Waals surface area (Å²) in [5.74, 6) is 0. The van der Waals surface area contributed by atoms with Gasteiger partial charge in [0.25, 0.3) is 15.7 Å². The summed E-state index contributed by atoms with van der Waals surface area (Å²) in [6.07, 6.45) is 0. The lowest BCUT2D eigenvalue weighted by Crippen LogP contribution is -2.26. The van der Waals surface area contributed by atoms with Crippen molar-refractivity contribution in [3.63, 3.8) is 0 Å². The molecule has 0 aliphatic heterocycles. The van der Waals surface area contributed by atoms with Crippen molar-refractivity contribution in [1.29, 1.82) is 0 Å². The first-order valence-corrected chi connectivity index (χ1v) is 6.44. The minimum atomic E-state index is -4.03. The first-order valence-electron chi connectivity index (χ1n) is 5.00. The Morgan fingerprint density at radius 2 is 1.78 bits per heavy atom. The van der Waals surface area contributed by atoms with E-state index in [1.54, 1.807) is 13.8 Å². The first-order chi connectivity index (χ1) is 8.21. The van der Waals surface area contributed by atoms with Crippen molar-refractivity contribution in [3.05, 3.63) is 33.4 Å². The van der Waals surface area contributed by atoms with Crippen LogP contribution in [-0.4, -0.2) is 32.0 Å². The molecule has 0 amide bonds. The molecule has 0 saturated heterocycles. The Morgan fingerprint density at radius 1 is 1.28 bits per heavy atom. The highest BCUT2D eigenvalue weighted by Crippen LogP contribution is 2.29. The van der Waals surface area contributed by atoms with Crippen LogP contribution in [0.15, 0.2) is 17.0 Å². The number of rotatable bonds is 4. The van der Waals surface area contributed by atoms with Gasteiger partial charge in [-0.3, -0.25) is 15.0 Å². The first kappa shape index (κ1) is 14.6. The maximum atomic E-state index is 12.0. The van der Waals surface area contributed by atoms with Gasteiger partial charge in [-0.1, -0.05) is 4.47 Å². The Kier molecular flexibility index (Phi) is 4.05. The van der Waals surface area contributed by atoms with Crippen LogP contribution in [0.1, 0.15) is 11.1 Å². The van der Waals surface area contributed by atoms with E-state index in [0.717, 1.165) is 0 Å². The molecule has 7 nitrogen and oxygen atoms in total. The third-order valence-electron chi connectivity index (χ3n) is 2.65. The molecule has 0 atom stereocenters. The molecule has 0 radical (unpaired) electrons. The van der Waals surface area contributed by atoms with Crippen LogP contribution < -0.4 is 0 Å². The number of nitro benzene ring substituents is 1. The average molecular weight is 274 g/mol. The molecule has 18 heavy (non-hydrogen) atoms. The second kappa shape index (κ2) is 5.01. The zero-order valence-electron chi connectivity index (χ0n) is 10.5. The second-order valence-corrected chi connectivity index (χ2v) is 5.66. The number of benzene rings is 1. The summed E-state index contributed by atoms with van der Waals surface area (Å²) in [5.41, 5.74) is 0.853. The smallest absolute Gasteiger partial charge is 0.288 e. The van der Waals surface area contributed by atoms with Crippen molar-refractivity contribution in [2.24, 2.45) is 0 Å². The fourth-order valence-corrected chi connectivity index (χ4v) is 2.56. The van der Waals surface area contributed by atoms with Crippen LogP contribution in [0, 0.1) is 24.0 Å². The maximum absolute atomic E-state index is 12.0. The molecule has 1 aromatic rings. The standard InChI is InChI=1S/C10H14N2O5S/c1-7-5-9(12(13)14)10(6-8(7)2)18(15,16)11(3)17-4/h5-6H,1-4H3. The van der Waals surface area contributed by atoms with E-state index in [9.17, 15) is 18.5 Å². The highest BCUT2D eigenvalue weighted by atomic mass is 32.2. The molecule has 0 aromatic heterocycles. The summed E-state index contributed by atoms with van der Waals surface area (Å²) < 4.78 is 24.7. The van der Waals surface area contributed by atoms with Crippen LogP contribution in [0.5, 0.6) is 0 Å². The van der Waals surface area contributed by atoms with Crippen LogP contribution in [0.2, 0.25) is 0 Å².